The monoisotopic (exact) mass is 401 g/mol. The van der Waals surface area contributed by atoms with Crippen molar-refractivity contribution in [2.45, 2.75) is 33.1 Å². The number of hydrogen-bond donors (Lipinski definition) is 1. The molecule has 0 aliphatic heterocycles. The van der Waals surface area contributed by atoms with Gasteiger partial charge in [-0.15, -0.1) is 16.4 Å². The molecule has 1 aliphatic rings. The number of esters is 1. The Balaban J connectivity index is 1.67. The van der Waals surface area contributed by atoms with Crippen molar-refractivity contribution in [2.24, 2.45) is 5.92 Å². The Labute approximate surface area is 164 Å². The second-order valence-corrected chi connectivity index (χ2v) is 8.58. The zero-order valence-electron chi connectivity index (χ0n) is 15.1. The third-order valence-electron chi connectivity index (χ3n) is 4.73. The van der Waals surface area contributed by atoms with E-state index in [9.17, 15) is 9.59 Å². The maximum Gasteiger partial charge on any atom is 0.341 e. The van der Waals surface area contributed by atoms with Crippen LogP contribution in [0.5, 0.6) is 0 Å². The fourth-order valence-corrected chi connectivity index (χ4v) is 5.29. The third kappa shape index (κ3) is 3.46. The van der Waals surface area contributed by atoms with E-state index in [0.29, 0.717) is 34.2 Å². The van der Waals surface area contributed by atoms with E-state index in [4.69, 9.17) is 4.74 Å². The highest BCUT2D eigenvalue weighted by molar-refractivity contribution is 7.17. The van der Waals surface area contributed by atoms with Gasteiger partial charge in [-0.25, -0.2) is 4.79 Å². The van der Waals surface area contributed by atoms with Gasteiger partial charge < -0.3 is 10.1 Å². The predicted molar refractivity (Wildman–Crippen MR) is 107 cm³/mol. The van der Waals surface area contributed by atoms with Crippen molar-refractivity contribution in [3.8, 4) is 0 Å². The van der Waals surface area contributed by atoms with E-state index in [1.807, 2.05) is 6.07 Å². The standard InChI is InChI=1S/C19H19N3O3S2/c1-3-25-19(24)16-12-6-4-10(2)8-15(12)26-18(16)20-17(23)11-5-7-14-13(9-11)21-22-27-14/h5,7,9-10H,3-4,6,8H2,1-2H3,(H,20,23)/t10-/m0/s1. The summed E-state index contributed by atoms with van der Waals surface area (Å²) < 4.78 is 10.1. The molecule has 0 spiro atoms. The van der Waals surface area contributed by atoms with Crippen LogP contribution in [0.1, 0.15) is 51.4 Å². The molecule has 1 atom stereocenters. The summed E-state index contributed by atoms with van der Waals surface area (Å²) in [5.74, 6) is -0.0459. The first-order valence-electron chi connectivity index (χ1n) is 8.92. The first-order valence-corrected chi connectivity index (χ1v) is 10.5. The maximum atomic E-state index is 12.8. The smallest absolute Gasteiger partial charge is 0.341 e. The molecule has 4 rings (SSSR count). The topological polar surface area (TPSA) is 81.2 Å². The van der Waals surface area contributed by atoms with E-state index in [1.54, 1.807) is 19.1 Å². The summed E-state index contributed by atoms with van der Waals surface area (Å²) >= 11 is 2.78. The first-order chi connectivity index (χ1) is 13.1. The molecule has 8 heteroatoms. The van der Waals surface area contributed by atoms with E-state index >= 15 is 0 Å². The molecule has 0 radical (unpaired) electrons. The molecular weight excluding hydrogens is 382 g/mol. The normalized spacial score (nSPS) is 16.1. The van der Waals surface area contributed by atoms with E-state index in [1.165, 1.54) is 27.7 Å². The number of hydrogen-bond acceptors (Lipinski definition) is 7. The van der Waals surface area contributed by atoms with Crippen LogP contribution < -0.4 is 5.32 Å². The second-order valence-electron chi connectivity index (χ2n) is 6.69. The zero-order chi connectivity index (χ0) is 19.0. The van der Waals surface area contributed by atoms with Gasteiger partial charge in [0.15, 0.2) is 0 Å². The van der Waals surface area contributed by atoms with Gasteiger partial charge in [0.25, 0.3) is 5.91 Å². The van der Waals surface area contributed by atoms with Crippen molar-refractivity contribution >= 4 is 50.0 Å². The number of anilines is 1. The molecule has 0 bridgehead atoms. The number of carbonyl (C=O) groups excluding carboxylic acids is 2. The molecule has 1 aliphatic carbocycles. The summed E-state index contributed by atoms with van der Waals surface area (Å²) in [6.45, 7) is 4.30. The van der Waals surface area contributed by atoms with Crippen LogP contribution in [0.4, 0.5) is 5.00 Å². The Kier molecular flexibility index (Phi) is 4.92. The Bertz CT molecular complexity index is 1020. The van der Waals surface area contributed by atoms with Crippen molar-refractivity contribution in [3.63, 3.8) is 0 Å². The van der Waals surface area contributed by atoms with Gasteiger partial charge in [0, 0.05) is 10.4 Å². The lowest BCUT2D eigenvalue weighted by atomic mass is 9.88. The van der Waals surface area contributed by atoms with Gasteiger partial charge >= 0.3 is 5.97 Å². The molecule has 6 nitrogen and oxygen atoms in total. The Morgan fingerprint density at radius 3 is 3.04 bits per heavy atom. The molecule has 27 heavy (non-hydrogen) atoms. The molecule has 1 N–H and O–H groups in total. The molecule has 0 fully saturated rings. The minimum Gasteiger partial charge on any atom is -0.462 e. The van der Waals surface area contributed by atoms with Gasteiger partial charge in [-0.05, 0) is 67.4 Å². The van der Waals surface area contributed by atoms with E-state index < -0.39 is 0 Å². The molecule has 1 aromatic carbocycles. The quantitative estimate of drug-likeness (QED) is 0.659. The number of benzene rings is 1. The van der Waals surface area contributed by atoms with Gasteiger partial charge in [-0.2, -0.15) is 0 Å². The Hall–Kier alpha value is -2.32. The van der Waals surface area contributed by atoms with Gasteiger partial charge in [0.05, 0.1) is 16.9 Å². The minimum atomic E-state index is -0.362. The summed E-state index contributed by atoms with van der Waals surface area (Å²) in [5, 5.41) is 7.52. The molecule has 0 saturated heterocycles. The lowest BCUT2D eigenvalue weighted by Gasteiger charge is -2.18. The van der Waals surface area contributed by atoms with Crippen molar-refractivity contribution in [1.82, 2.24) is 9.59 Å². The summed E-state index contributed by atoms with van der Waals surface area (Å²) in [6.07, 6.45) is 2.81. The Morgan fingerprint density at radius 2 is 2.22 bits per heavy atom. The molecular formula is C19H19N3O3S2. The minimum absolute atomic E-state index is 0.262. The van der Waals surface area contributed by atoms with Crippen LogP contribution in [-0.4, -0.2) is 28.1 Å². The van der Waals surface area contributed by atoms with Gasteiger partial charge in [0.2, 0.25) is 0 Å². The van der Waals surface area contributed by atoms with Crippen LogP contribution in [0.3, 0.4) is 0 Å². The van der Waals surface area contributed by atoms with E-state index in [-0.39, 0.29) is 11.9 Å². The van der Waals surface area contributed by atoms with Gasteiger partial charge in [0.1, 0.15) is 10.5 Å². The fourth-order valence-electron chi connectivity index (χ4n) is 3.36. The number of thiophene rings is 1. The average molecular weight is 402 g/mol. The lowest BCUT2D eigenvalue weighted by Crippen LogP contribution is -2.16. The number of ether oxygens (including phenoxy) is 1. The molecule has 1 amide bonds. The van der Waals surface area contributed by atoms with Crippen molar-refractivity contribution in [1.29, 1.82) is 0 Å². The average Bonchev–Trinajstić information content (AvgIpc) is 3.24. The summed E-state index contributed by atoms with van der Waals surface area (Å²) in [7, 11) is 0. The number of carbonyl (C=O) groups is 2. The van der Waals surface area contributed by atoms with Crippen LogP contribution in [0, 0.1) is 5.92 Å². The molecule has 2 aromatic heterocycles. The fraction of sp³-hybridized carbons (Fsp3) is 0.368. The number of rotatable bonds is 4. The zero-order valence-corrected chi connectivity index (χ0v) is 16.7. The van der Waals surface area contributed by atoms with Crippen LogP contribution in [0.15, 0.2) is 18.2 Å². The van der Waals surface area contributed by atoms with Crippen molar-refractivity contribution in [3.05, 3.63) is 39.8 Å². The molecule has 3 aromatic rings. The number of fused-ring (bicyclic) bond motifs is 2. The van der Waals surface area contributed by atoms with Crippen LogP contribution in [0.25, 0.3) is 10.2 Å². The SMILES string of the molecule is CCOC(=O)c1c(NC(=O)c2ccc3snnc3c2)sc2c1CC[C@H](C)C2. The highest BCUT2D eigenvalue weighted by atomic mass is 32.1. The van der Waals surface area contributed by atoms with Crippen LogP contribution in [0.2, 0.25) is 0 Å². The highest BCUT2D eigenvalue weighted by Gasteiger charge is 2.29. The molecule has 0 unspecified atom stereocenters. The molecule has 0 saturated carbocycles. The van der Waals surface area contributed by atoms with Crippen molar-refractivity contribution < 1.29 is 14.3 Å². The number of aromatic nitrogens is 2. The summed E-state index contributed by atoms with van der Waals surface area (Å²) in [4.78, 5) is 26.5. The van der Waals surface area contributed by atoms with Crippen molar-refractivity contribution in [2.75, 3.05) is 11.9 Å². The molecule has 140 valence electrons. The maximum absolute atomic E-state index is 12.8. The number of nitrogens with zero attached hydrogens (tertiary/aromatic N) is 2. The first kappa shape index (κ1) is 18.1. The predicted octanol–water partition coefficient (Wildman–Crippen LogP) is 4.31. The number of amides is 1. The van der Waals surface area contributed by atoms with E-state index in [0.717, 1.165) is 29.5 Å². The number of nitrogens with one attached hydrogen (secondary N) is 1. The summed E-state index contributed by atoms with van der Waals surface area (Å²) in [5.41, 5.74) is 2.74. The molecule has 2 heterocycles. The Morgan fingerprint density at radius 1 is 1.37 bits per heavy atom. The van der Waals surface area contributed by atoms with E-state index in [2.05, 4.69) is 21.8 Å². The van der Waals surface area contributed by atoms with Crippen LogP contribution in [-0.2, 0) is 17.6 Å². The third-order valence-corrected chi connectivity index (χ3v) is 6.60. The highest BCUT2D eigenvalue weighted by Crippen LogP contribution is 2.40. The largest absolute Gasteiger partial charge is 0.462 e. The summed E-state index contributed by atoms with van der Waals surface area (Å²) in [6, 6.07) is 5.30. The lowest BCUT2D eigenvalue weighted by molar-refractivity contribution is 0.0526. The second kappa shape index (κ2) is 7.36. The van der Waals surface area contributed by atoms with Gasteiger partial charge in [-0.1, -0.05) is 11.4 Å². The van der Waals surface area contributed by atoms with Crippen LogP contribution >= 0.6 is 22.9 Å². The van der Waals surface area contributed by atoms with Gasteiger partial charge in [-0.3, -0.25) is 4.79 Å².